The first-order chi connectivity index (χ1) is 5.59. The lowest BCUT2D eigenvalue weighted by Gasteiger charge is -2.11. The summed E-state index contributed by atoms with van der Waals surface area (Å²) >= 11 is 0. The highest BCUT2D eigenvalue weighted by Gasteiger charge is 2.03. The lowest BCUT2D eigenvalue weighted by atomic mass is 10.2. The van der Waals surface area contributed by atoms with Gasteiger partial charge in [0.15, 0.2) is 11.5 Å². The molecule has 2 nitrogen and oxygen atoms in total. The van der Waals surface area contributed by atoms with Crippen molar-refractivity contribution in [2.75, 3.05) is 0 Å². The minimum Gasteiger partial charge on any atom is -0.504 e. The summed E-state index contributed by atoms with van der Waals surface area (Å²) in [4.78, 5) is 0. The minimum atomic E-state index is 0.0951. The predicted octanol–water partition coefficient (Wildman–Crippen LogP) is 2.49. The molecular formula is C10H14O2. The lowest BCUT2D eigenvalue weighted by Crippen LogP contribution is -2.05. The normalized spacial score (nSPS) is 10.3. The highest BCUT2D eigenvalue weighted by atomic mass is 16.5. The molecule has 0 aliphatic heterocycles. The van der Waals surface area contributed by atoms with E-state index in [9.17, 15) is 5.11 Å². The van der Waals surface area contributed by atoms with E-state index in [1.54, 1.807) is 6.07 Å². The molecule has 0 saturated carbocycles. The minimum absolute atomic E-state index is 0.0951. The lowest BCUT2D eigenvalue weighted by molar-refractivity contribution is 0.231. The van der Waals surface area contributed by atoms with Crippen molar-refractivity contribution < 1.29 is 9.84 Å². The van der Waals surface area contributed by atoms with Gasteiger partial charge in [-0.15, -0.1) is 0 Å². The SMILES string of the molecule is Cc1ccc(O)c(OC(C)C)c1. The molecule has 66 valence electrons. The molecule has 1 aromatic rings. The number of phenolic OH excluding ortho intramolecular Hbond substituents is 1. The third kappa shape index (κ3) is 2.16. The van der Waals surface area contributed by atoms with Gasteiger partial charge in [-0.1, -0.05) is 6.07 Å². The largest absolute Gasteiger partial charge is 0.504 e. The van der Waals surface area contributed by atoms with Crippen LogP contribution in [0.15, 0.2) is 18.2 Å². The quantitative estimate of drug-likeness (QED) is 0.731. The molecule has 0 atom stereocenters. The third-order valence-electron chi connectivity index (χ3n) is 1.48. The number of phenols is 1. The summed E-state index contributed by atoms with van der Waals surface area (Å²) in [5, 5.41) is 9.36. The third-order valence-corrected chi connectivity index (χ3v) is 1.48. The first-order valence-electron chi connectivity index (χ1n) is 4.06. The second-order valence-electron chi connectivity index (χ2n) is 3.14. The molecule has 0 aliphatic rings. The van der Waals surface area contributed by atoms with Gasteiger partial charge in [0.1, 0.15) is 0 Å². The van der Waals surface area contributed by atoms with E-state index in [4.69, 9.17) is 4.74 Å². The highest BCUT2D eigenvalue weighted by Crippen LogP contribution is 2.27. The van der Waals surface area contributed by atoms with Crippen molar-refractivity contribution in [3.05, 3.63) is 23.8 Å². The fraction of sp³-hybridized carbons (Fsp3) is 0.400. The Morgan fingerprint density at radius 2 is 2.00 bits per heavy atom. The van der Waals surface area contributed by atoms with Crippen molar-refractivity contribution in [2.45, 2.75) is 26.9 Å². The summed E-state index contributed by atoms with van der Waals surface area (Å²) in [5.41, 5.74) is 1.09. The molecule has 0 fully saturated rings. The molecule has 0 bridgehead atoms. The van der Waals surface area contributed by atoms with Gasteiger partial charge in [-0.25, -0.2) is 0 Å². The van der Waals surface area contributed by atoms with Crippen LogP contribution in [-0.2, 0) is 0 Å². The maximum atomic E-state index is 9.36. The standard InChI is InChI=1S/C10H14O2/c1-7(2)12-10-6-8(3)4-5-9(10)11/h4-7,11H,1-3H3. The fourth-order valence-electron chi connectivity index (χ4n) is 0.970. The van der Waals surface area contributed by atoms with Crippen LogP contribution in [0, 0.1) is 6.92 Å². The average molecular weight is 166 g/mol. The highest BCUT2D eigenvalue weighted by molar-refractivity contribution is 5.41. The van der Waals surface area contributed by atoms with Crippen LogP contribution in [0.5, 0.6) is 11.5 Å². The number of ether oxygens (including phenoxy) is 1. The van der Waals surface area contributed by atoms with Crippen LogP contribution < -0.4 is 4.74 Å². The molecule has 0 aliphatic carbocycles. The van der Waals surface area contributed by atoms with E-state index < -0.39 is 0 Å². The number of rotatable bonds is 2. The van der Waals surface area contributed by atoms with Gasteiger partial charge in [-0.05, 0) is 38.5 Å². The molecule has 0 radical (unpaired) electrons. The zero-order chi connectivity index (χ0) is 9.14. The number of aryl methyl sites for hydroxylation is 1. The van der Waals surface area contributed by atoms with E-state index in [1.165, 1.54) is 0 Å². The topological polar surface area (TPSA) is 29.5 Å². The fourth-order valence-corrected chi connectivity index (χ4v) is 0.970. The Morgan fingerprint density at radius 1 is 1.33 bits per heavy atom. The van der Waals surface area contributed by atoms with Gasteiger partial charge in [-0.3, -0.25) is 0 Å². The second kappa shape index (κ2) is 3.48. The Bertz CT molecular complexity index is 267. The van der Waals surface area contributed by atoms with Crippen LogP contribution in [0.1, 0.15) is 19.4 Å². The summed E-state index contributed by atoms with van der Waals surface area (Å²) < 4.78 is 5.38. The van der Waals surface area contributed by atoms with Gasteiger partial charge in [0.05, 0.1) is 6.10 Å². The van der Waals surface area contributed by atoms with Crippen LogP contribution >= 0.6 is 0 Å². The molecule has 0 heterocycles. The van der Waals surface area contributed by atoms with Gasteiger partial charge in [-0.2, -0.15) is 0 Å². The average Bonchev–Trinajstić information content (AvgIpc) is 1.96. The summed E-state index contributed by atoms with van der Waals surface area (Å²) in [6, 6.07) is 5.32. The smallest absolute Gasteiger partial charge is 0.161 e. The number of benzene rings is 1. The van der Waals surface area contributed by atoms with E-state index in [2.05, 4.69) is 0 Å². The molecule has 0 spiro atoms. The molecule has 12 heavy (non-hydrogen) atoms. The van der Waals surface area contributed by atoms with Crippen molar-refractivity contribution in [1.82, 2.24) is 0 Å². The Labute approximate surface area is 72.8 Å². The number of hydrogen-bond donors (Lipinski definition) is 1. The maximum absolute atomic E-state index is 9.36. The maximum Gasteiger partial charge on any atom is 0.161 e. The van der Waals surface area contributed by atoms with Gasteiger partial charge >= 0.3 is 0 Å². The van der Waals surface area contributed by atoms with Crippen LogP contribution in [0.3, 0.4) is 0 Å². The van der Waals surface area contributed by atoms with Gasteiger partial charge in [0.25, 0.3) is 0 Å². The molecular weight excluding hydrogens is 152 g/mol. The van der Waals surface area contributed by atoms with Crippen molar-refractivity contribution in [3.8, 4) is 11.5 Å². The Kier molecular flexibility index (Phi) is 2.58. The molecule has 0 amide bonds. The zero-order valence-electron chi connectivity index (χ0n) is 7.66. The summed E-state index contributed by atoms with van der Waals surface area (Å²) in [6.45, 7) is 5.83. The first kappa shape index (κ1) is 8.91. The van der Waals surface area contributed by atoms with E-state index in [1.807, 2.05) is 32.9 Å². The van der Waals surface area contributed by atoms with Gasteiger partial charge in [0.2, 0.25) is 0 Å². The van der Waals surface area contributed by atoms with E-state index in [0.717, 1.165) is 5.56 Å². The van der Waals surface area contributed by atoms with Crippen LogP contribution in [0.4, 0.5) is 0 Å². The Morgan fingerprint density at radius 3 is 2.58 bits per heavy atom. The molecule has 1 aromatic carbocycles. The Hall–Kier alpha value is -1.18. The summed E-state index contributed by atoms with van der Waals surface area (Å²) in [6.07, 6.45) is 0.0951. The molecule has 1 N–H and O–H groups in total. The van der Waals surface area contributed by atoms with Crippen molar-refractivity contribution in [3.63, 3.8) is 0 Å². The van der Waals surface area contributed by atoms with Crippen molar-refractivity contribution >= 4 is 0 Å². The van der Waals surface area contributed by atoms with Gasteiger partial charge < -0.3 is 9.84 Å². The van der Waals surface area contributed by atoms with Crippen LogP contribution in [-0.4, -0.2) is 11.2 Å². The molecule has 1 rings (SSSR count). The van der Waals surface area contributed by atoms with E-state index in [-0.39, 0.29) is 11.9 Å². The monoisotopic (exact) mass is 166 g/mol. The number of aromatic hydroxyl groups is 1. The molecule has 2 heteroatoms. The van der Waals surface area contributed by atoms with Crippen molar-refractivity contribution in [2.24, 2.45) is 0 Å². The van der Waals surface area contributed by atoms with E-state index in [0.29, 0.717) is 5.75 Å². The van der Waals surface area contributed by atoms with Crippen LogP contribution in [0.25, 0.3) is 0 Å². The van der Waals surface area contributed by atoms with Crippen LogP contribution in [0.2, 0.25) is 0 Å². The Balaban J connectivity index is 2.90. The van der Waals surface area contributed by atoms with Gasteiger partial charge in [0, 0.05) is 0 Å². The van der Waals surface area contributed by atoms with E-state index >= 15 is 0 Å². The molecule has 0 unspecified atom stereocenters. The number of hydrogen-bond acceptors (Lipinski definition) is 2. The second-order valence-corrected chi connectivity index (χ2v) is 3.14. The molecule has 0 saturated heterocycles. The van der Waals surface area contributed by atoms with Crippen molar-refractivity contribution in [1.29, 1.82) is 0 Å². The zero-order valence-corrected chi connectivity index (χ0v) is 7.66. The molecule has 0 aromatic heterocycles. The predicted molar refractivity (Wildman–Crippen MR) is 48.6 cm³/mol. The summed E-state index contributed by atoms with van der Waals surface area (Å²) in [7, 11) is 0. The first-order valence-corrected chi connectivity index (χ1v) is 4.06. The summed E-state index contributed by atoms with van der Waals surface area (Å²) in [5.74, 6) is 0.763.